The molecule has 0 aliphatic heterocycles. The van der Waals surface area contributed by atoms with Gasteiger partial charge in [0.15, 0.2) is 0 Å². The highest BCUT2D eigenvalue weighted by Crippen LogP contribution is 2.34. The van der Waals surface area contributed by atoms with E-state index in [-0.39, 0.29) is 0 Å². The molecular weight excluding hydrogens is 272 g/mol. The molecule has 0 amide bonds. The van der Waals surface area contributed by atoms with Crippen LogP contribution in [0.5, 0.6) is 0 Å². The molecule has 2 heteroatoms. The van der Waals surface area contributed by atoms with Crippen molar-refractivity contribution in [2.24, 2.45) is 5.92 Å². The Hall–Kier alpha value is -0.270. The molecule has 0 radical (unpaired) electrons. The van der Waals surface area contributed by atoms with Crippen molar-refractivity contribution in [3.63, 3.8) is 0 Å². The molecule has 0 heterocycles. The molecule has 0 saturated heterocycles. The average Bonchev–Trinajstić information content (AvgIpc) is 2.24. The van der Waals surface area contributed by atoms with Gasteiger partial charge in [0.05, 0.1) is 0 Å². The Morgan fingerprint density at radius 1 is 1.33 bits per heavy atom. The molecule has 0 aromatic heterocycles. The zero-order chi connectivity index (χ0) is 10.7. The molecule has 1 unspecified atom stereocenters. The Kier molecular flexibility index (Phi) is 3.87. The summed E-state index contributed by atoms with van der Waals surface area (Å²) in [6.07, 6.45) is 15.3. The van der Waals surface area contributed by atoms with Crippen molar-refractivity contribution in [1.29, 1.82) is 0 Å². The van der Waals surface area contributed by atoms with E-state index in [0.717, 1.165) is 30.7 Å². The monoisotopic (exact) mass is 284 g/mol. The summed E-state index contributed by atoms with van der Waals surface area (Å²) >= 11 is 9.59. The molecule has 0 nitrogen and oxygen atoms in total. The third-order valence-electron chi connectivity index (χ3n) is 2.86. The molecule has 0 saturated carbocycles. The summed E-state index contributed by atoms with van der Waals surface area (Å²) in [6, 6.07) is 0. The van der Waals surface area contributed by atoms with Crippen LogP contribution in [0.15, 0.2) is 45.5 Å². The third kappa shape index (κ3) is 3.09. The predicted molar refractivity (Wildman–Crippen MR) is 70.1 cm³/mol. The first-order chi connectivity index (χ1) is 7.25. The first-order valence-electron chi connectivity index (χ1n) is 5.32. The second-order valence-corrected chi connectivity index (χ2v) is 5.40. The smallest absolute Gasteiger partial charge is 0.0195 e. The molecule has 15 heavy (non-hydrogen) atoms. The van der Waals surface area contributed by atoms with E-state index in [4.69, 9.17) is 11.6 Å². The lowest BCUT2D eigenvalue weighted by Crippen LogP contribution is -2.02. The number of halogens is 2. The van der Waals surface area contributed by atoms with E-state index in [1.165, 1.54) is 10.1 Å². The van der Waals surface area contributed by atoms with Gasteiger partial charge in [-0.2, -0.15) is 0 Å². The van der Waals surface area contributed by atoms with Gasteiger partial charge in [0.25, 0.3) is 0 Å². The van der Waals surface area contributed by atoms with E-state index in [0.29, 0.717) is 5.92 Å². The van der Waals surface area contributed by atoms with Gasteiger partial charge < -0.3 is 0 Å². The molecule has 80 valence electrons. The normalized spacial score (nSPS) is 25.7. The molecule has 2 aliphatic rings. The van der Waals surface area contributed by atoms with Crippen LogP contribution in [-0.2, 0) is 0 Å². The fourth-order valence-electron chi connectivity index (χ4n) is 2.00. The Morgan fingerprint density at radius 3 is 2.87 bits per heavy atom. The SMILES string of the molecule is ClC1=CC(Br)=C(CC2C=CC=CC2)CC1. The van der Waals surface area contributed by atoms with Crippen molar-refractivity contribution in [2.45, 2.75) is 25.7 Å². The Bertz CT molecular complexity index is 361. The molecule has 0 bridgehead atoms. The fraction of sp³-hybridized carbons (Fsp3) is 0.385. The van der Waals surface area contributed by atoms with Gasteiger partial charge >= 0.3 is 0 Å². The van der Waals surface area contributed by atoms with E-state index < -0.39 is 0 Å². The minimum absolute atomic E-state index is 0.669. The van der Waals surface area contributed by atoms with Gasteiger partial charge in [-0.25, -0.2) is 0 Å². The van der Waals surface area contributed by atoms with Gasteiger partial charge in [0, 0.05) is 9.51 Å². The largest absolute Gasteiger partial charge is 0.0891 e. The number of rotatable bonds is 2. The zero-order valence-corrected chi connectivity index (χ0v) is 10.9. The molecule has 0 N–H and O–H groups in total. The lowest BCUT2D eigenvalue weighted by Gasteiger charge is -2.19. The molecule has 0 aromatic carbocycles. The van der Waals surface area contributed by atoms with Crippen LogP contribution in [0.1, 0.15) is 25.7 Å². The molecule has 0 aromatic rings. The maximum atomic E-state index is 5.99. The van der Waals surface area contributed by atoms with Crippen LogP contribution in [0.25, 0.3) is 0 Å². The van der Waals surface area contributed by atoms with Gasteiger partial charge in [-0.1, -0.05) is 57.4 Å². The maximum Gasteiger partial charge on any atom is 0.0195 e. The number of hydrogen-bond acceptors (Lipinski definition) is 0. The van der Waals surface area contributed by atoms with Gasteiger partial charge in [-0.15, -0.1) is 0 Å². The lowest BCUT2D eigenvalue weighted by atomic mass is 9.90. The average molecular weight is 286 g/mol. The molecule has 0 fully saturated rings. The van der Waals surface area contributed by atoms with Crippen molar-refractivity contribution < 1.29 is 0 Å². The Balaban J connectivity index is 2.03. The van der Waals surface area contributed by atoms with Crippen molar-refractivity contribution in [3.8, 4) is 0 Å². The summed E-state index contributed by atoms with van der Waals surface area (Å²) in [4.78, 5) is 0. The molecular formula is C13H14BrCl. The van der Waals surface area contributed by atoms with Crippen LogP contribution in [0, 0.1) is 5.92 Å². The second kappa shape index (κ2) is 5.18. The fourth-order valence-corrected chi connectivity index (χ4v) is 2.97. The second-order valence-electron chi connectivity index (χ2n) is 4.06. The number of hydrogen-bond donors (Lipinski definition) is 0. The van der Waals surface area contributed by atoms with Crippen LogP contribution in [0.3, 0.4) is 0 Å². The highest BCUT2D eigenvalue weighted by molar-refractivity contribution is 9.11. The molecule has 2 rings (SSSR count). The Morgan fingerprint density at radius 2 is 2.20 bits per heavy atom. The topological polar surface area (TPSA) is 0 Å². The Labute approximate surface area is 105 Å². The van der Waals surface area contributed by atoms with Gasteiger partial charge in [-0.05, 0) is 37.7 Å². The van der Waals surface area contributed by atoms with E-state index in [2.05, 4.69) is 40.2 Å². The summed E-state index contributed by atoms with van der Waals surface area (Å²) in [5.74, 6) is 0.669. The number of allylic oxidation sites excluding steroid dienone is 8. The minimum atomic E-state index is 0.669. The first kappa shape index (κ1) is 11.2. The summed E-state index contributed by atoms with van der Waals surface area (Å²) in [5, 5.41) is 0.963. The summed E-state index contributed by atoms with van der Waals surface area (Å²) < 4.78 is 1.20. The summed E-state index contributed by atoms with van der Waals surface area (Å²) in [7, 11) is 0. The van der Waals surface area contributed by atoms with Gasteiger partial charge in [0.2, 0.25) is 0 Å². The predicted octanol–water partition coefficient (Wildman–Crippen LogP) is 5.07. The highest BCUT2D eigenvalue weighted by Gasteiger charge is 2.14. The van der Waals surface area contributed by atoms with E-state index in [1.54, 1.807) is 0 Å². The van der Waals surface area contributed by atoms with Crippen LogP contribution in [0.4, 0.5) is 0 Å². The molecule has 1 atom stereocenters. The van der Waals surface area contributed by atoms with Crippen LogP contribution >= 0.6 is 27.5 Å². The molecule has 2 aliphatic carbocycles. The van der Waals surface area contributed by atoms with E-state index in [9.17, 15) is 0 Å². The quantitative estimate of drug-likeness (QED) is 0.664. The third-order valence-corrected chi connectivity index (χ3v) is 3.95. The van der Waals surface area contributed by atoms with E-state index in [1.807, 2.05) is 6.08 Å². The van der Waals surface area contributed by atoms with Gasteiger partial charge in [0.1, 0.15) is 0 Å². The van der Waals surface area contributed by atoms with Crippen molar-refractivity contribution >= 4 is 27.5 Å². The van der Waals surface area contributed by atoms with E-state index >= 15 is 0 Å². The van der Waals surface area contributed by atoms with Gasteiger partial charge in [-0.3, -0.25) is 0 Å². The summed E-state index contributed by atoms with van der Waals surface area (Å²) in [5.41, 5.74) is 1.50. The molecule has 0 spiro atoms. The summed E-state index contributed by atoms with van der Waals surface area (Å²) in [6.45, 7) is 0. The first-order valence-corrected chi connectivity index (χ1v) is 6.50. The van der Waals surface area contributed by atoms with Crippen LogP contribution in [0.2, 0.25) is 0 Å². The highest BCUT2D eigenvalue weighted by atomic mass is 79.9. The van der Waals surface area contributed by atoms with Crippen LogP contribution < -0.4 is 0 Å². The zero-order valence-electron chi connectivity index (χ0n) is 8.55. The van der Waals surface area contributed by atoms with Crippen molar-refractivity contribution in [2.75, 3.05) is 0 Å². The van der Waals surface area contributed by atoms with Crippen LogP contribution in [-0.4, -0.2) is 0 Å². The van der Waals surface area contributed by atoms with Crippen molar-refractivity contribution in [1.82, 2.24) is 0 Å². The standard InChI is InChI=1S/C13H14BrCl/c14-13-9-12(15)7-6-11(13)8-10-4-2-1-3-5-10/h1-4,9-10H,5-8H2. The minimum Gasteiger partial charge on any atom is -0.0891 e. The lowest BCUT2D eigenvalue weighted by molar-refractivity contribution is 0.628. The van der Waals surface area contributed by atoms with Crippen molar-refractivity contribution in [3.05, 3.63) is 45.5 Å². The maximum absolute atomic E-state index is 5.99.